The third-order valence-electron chi connectivity index (χ3n) is 5.85. The number of benzene rings is 2. The Hall–Kier alpha value is -3.35. The second kappa shape index (κ2) is 8.57. The number of amides is 1. The lowest BCUT2D eigenvalue weighted by Gasteiger charge is -2.36. The van der Waals surface area contributed by atoms with E-state index in [1.807, 2.05) is 36.4 Å². The van der Waals surface area contributed by atoms with Gasteiger partial charge in [0.05, 0.1) is 7.11 Å². The molecule has 4 rings (SSSR count). The average Bonchev–Trinajstić information content (AvgIpc) is 3.11. The van der Waals surface area contributed by atoms with Crippen LogP contribution in [0, 0.1) is 0 Å². The summed E-state index contributed by atoms with van der Waals surface area (Å²) in [6, 6.07) is 15.3. The Balaban J connectivity index is 1.49. The first kappa shape index (κ1) is 19.9. The van der Waals surface area contributed by atoms with E-state index in [2.05, 4.69) is 12.1 Å². The van der Waals surface area contributed by atoms with Crippen LogP contribution in [0.25, 0.3) is 11.1 Å². The Morgan fingerprint density at radius 1 is 1.07 bits per heavy atom. The van der Waals surface area contributed by atoms with Gasteiger partial charge in [0.1, 0.15) is 18.8 Å². The Morgan fingerprint density at radius 2 is 1.70 bits per heavy atom. The highest BCUT2D eigenvalue weighted by molar-refractivity contribution is 5.82. The van der Waals surface area contributed by atoms with Gasteiger partial charge in [-0.3, -0.25) is 9.69 Å². The molecule has 0 aromatic heterocycles. The predicted molar refractivity (Wildman–Crippen MR) is 108 cm³/mol. The summed E-state index contributed by atoms with van der Waals surface area (Å²) in [6.45, 7) is 0.780. The zero-order valence-electron chi connectivity index (χ0n) is 16.7. The molecule has 7 nitrogen and oxygen atoms in total. The number of hydrogen-bond donors (Lipinski definition) is 0. The molecule has 30 heavy (non-hydrogen) atoms. The summed E-state index contributed by atoms with van der Waals surface area (Å²) in [4.78, 5) is 37.1. The molecular weight excluding hydrogens is 386 g/mol. The van der Waals surface area contributed by atoms with Crippen molar-refractivity contribution < 1.29 is 28.6 Å². The highest BCUT2D eigenvalue weighted by atomic mass is 16.6. The maximum absolute atomic E-state index is 12.9. The SMILES string of the molecule is COC(=O)[C@H]1C[C@H](OC=O)CCN1C(=O)OCC1c2ccccc2-c2ccccc21. The Bertz CT molecular complexity index is 913. The van der Waals surface area contributed by atoms with Gasteiger partial charge in [-0.2, -0.15) is 0 Å². The second-order valence-corrected chi connectivity index (χ2v) is 7.42. The minimum Gasteiger partial charge on any atom is -0.467 e. The molecule has 156 valence electrons. The van der Waals surface area contributed by atoms with Crippen LogP contribution in [0.2, 0.25) is 0 Å². The number of fused-ring (bicyclic) bond motifs is 3. The summed E-state index contributed by atoms with van der Waals surface area (Å²) in [5.74, 6) is -0.614. The minimum atomic E-state index is -0.843. The van der Waals surface area contributed by atoms with Crippen LogP contribution in [-0.2, 0) is 23.8 Å². The maximum atomic E-state index is 12.9. The molecule has 0 spiro atoms. The Kier molecular flexibility index (Phi) is 5.70. The lowest BCUT2D eigenvalue weighted by molar-refractivity contribution is -0.152. The molecule has 1 heterocycles. The van der Waals surface area contributed by atoms with Crippen LogP contribution >= 0.6 is 0 Å². The predicted octanol–water partition coefficient (Wildman–Crippen LogP) is 3.11. The van der Waals surface area contributed by atoms with E-state index in [1.165, 1.54) is 12.0 Å². The number of nitrogens with zero attached hydrogens (tertiary/aromatic N) is 1. The molecule has 0 radical (unpaired) electrons. The molecule has 0 unspecified atom stereocenters. The van der Waals surface area contributed by atoms with Crippen molar-refractivity contribution >= 4 is 18.5 Å². The molecule has 0 bridgehead atoms. The first-order valence-electron chi connectivity index (χ1n) is 9.92. The lowest BCUT2D eigenvalue weighted by Crippen LogP contribution is -2.52. The van der Waals surface area contributed by atoms with E-state index in [1.54, 1.807) is 0 Å². The molecule has 7 heteroatoms. The van der Waals surface area contributed by atoms with E-state index >= 15 is 0 Å². The highest BCUT2D eigenvalue weighted by Crippen LogP contribution is 2.44. The fraction of sp³-hybridized carbons (Fsp3) is 0.348. The van der Waals surface area contributed by atoms with Crippen LogP contribution < -0.4 is 0 Å². The van der Waals surface area contributed by atoms with E-state index in [0.717, 1.165) is 22.3 Å². The molecule has 2 aliphatic rings. The van der Waals surface area contributed by atoms with Crippen LogP contribution in [0.1, 0.15) is 29.9 Å². The number of rotatable bonds is 5. The molecule has 1 aliphatic heterocycles. The van der Waals surface area contributed by atoms with Gasteiger partial charge >= 0.3 is 12.1 Å². The maximum Gasteiger partial charge on any atom is 0.410 e. The molecule has 1 fully saturated rings. The molecule has 1 aliphatic carbocycles. The van der Waals surface area contributed by atoms with Gasteiger partial charge in [-0.25, -0.2) is 9.59 Å². The molecule has 0 saturated carbocycles. The van der Waals surface area contributed by atoms with Crippen molar-refractivity contribution in [1.29, 1.82) is 0 Å². The van der Waals surface area contributed by atoms with Crippen molar-refractivity contribution in [2.75, 3.05) is 20.3 Å². The molecule has 2 atom stereocenters. The number of ether oxygens (including phenoxy) is 3. The van der Waals surface area contributed by atoms with Crippen LogP contribution in [0.3, 0.4) is 0 Å². The Labute approximate surface area is 174 Å². The van der Waals surface area contributed by atoms with Crippen LogP contribution in [0.5, 0.6) is 0 Å². The van der Waals surface area contributed by atoms with Gasteiger partial charge in [-0.05, 0) is 22.3 Å². The van der Waals surface area contributed by atoms with E-state index in [-0.39, 0.29) is 25.5 Å². The number of hydrogen-bond acceptors (Lipinski definition) is 6. The number of carbonyl (C=O) groups is 3. The van der Waals surface area contributed by atoms with Gasteiger partial charge < -0.3 is 14.2 Å². The summed E-state index contributed by atoms with van der Waals surface area (Å²) in [5, 5.41) is 0. The third kappa shape index (κ3) is 3.63. The third-order valence-corrected chi connectivity index (χ3v) is 5.85. The zero-order chi connectivity index (χ0) is 21.1. The average molecular weight is 409 g/mol. The molecule has 1 amide bonds. The molecule has 2 aromatic carbocycles. The van der Waals surface area contributed by atoms with Gasteiger partial charge in [-0.1, -0.05) is 48.5 Å². The van der Waals surface area contributed by atoms with Gasteiger partial charge in [0.25, 0.3) is 6.47 Å². The molecular formula is C23H23NO6. The number of methoxy groups -OCH3 is 1. The normalized spacial score (nSPS) is 20.1. The van der Waals surface area contributed by atoms with Gasteiger partial charge in [-0.15, -0.1) is 0 Å². The topological polar surface area (TPSA) is 82.1 Å². The highest BCUT2D eigenvalue weighted by Gasteiger charge is 2.39. The number of carbonyl (C=O) groups excluding carboxylic acids is 3. The van der Waals surface area contributed by atoms with Crippen LogP contribution in [-0.4, -0.2) is 55.8 Å². The van der Waals surface area contributed by atoms with Gasteiger partial charge in [0, 0.05) is 25.3 Å². The van der Waals surface area contributed by atoms with E-state index < -0.39 is 24.2 Å². The van der Waals surface area contributed by atoms with Crippen molar-refractivity contribution in [3.05, 3.63) is 59.7 Å². The van der Waals surface area contributed by atoms with Crippen molar-refractivity contribution in [2.45, 2.75) is 30.9 Å². The summed E-state index contributed by atoms with van der Waals surface area (Å²) >= 11 is 0. The summed E-state index contributed by atoms with van der Waals surface area (Å²) in [7, 11) is 1.27. The van der Waals surface area contributed by atoms with Crippen molar-refractivity contribution in [2.24, 2.45) is 0 Å². The quantitative estimate of drug-likeness (QED) is 0.429. The lowest BCUT2D eigenvalue weighted by atomic mass is 9.98. The zero-order valence-corrected chi connectivity index (χ0v) is 16.7. The minimum absolute atomic E-state index is 0.0612. The fourth-order valence-electron chi connectivity index (χ4n) is 4.39. The molecule has 0 N–H and O–H groups in total. The summed E-state index contributed by atoms with van der Waals surface area (Å²) in [6.07, 6.45) is -0.368. The second-order valence-electron chi connectivity index (χ2n) is 7.42. The fourth-order valence-corrected chi connectivity index (χ4v) is 4.39. The number of piperidine rings is 1. The van der Waals surface area contributed by atoms with Gasteiger partial charge in [0.2, 0.25) is 0 Å². The van der Waals surface area contributed by atoms with Crippen LogP contribution in [0.4, 0.5) is 4.79 Å². The first-order chi connectivity index (χ1) is 14.6. The first-order valence-corrected chi connectivity index (χ1v) is 9.92. The van der Waals surface area contributed by atoms with Crippen LogP contribution in [0.15, 0.2) is 48.5 Å². The Morgan fingerprint density at radius 3 is 2.30 bits per heavy atom. The molecule has 1 saturated heterocycles. The van der Waals surface area contributed by atoms with E-state index in [9.17, 15) is 14.4 Å². The van der Waals surface area contributed by atoms with Crippen molar-refractivity contribution in [3.8, 4) is 11.1 Å². The van der Waals surface area contributed by atoms with Gasteiger partial charge in [0.15, 0.2) is 0 Å². The van der Waals surface area contributed by atoms with E-state index in [4.69, 9.17) is 14.2 Å². The van der Waals surface area contributed by atoms with Crippen molar-refractivity contribution in [3.63, 3.8) is 0 Å². The summed E-state index contributed by atoms with van der Waals surface area (Å²) < 4.78 is 15.5. The van der Waals surface area contributed by atoms with Crippen molar-refractivity contribution in [1.82, 2.24) is 4.90 Å². The molecule has 2 aromatic rings. The van der Waals surface area contributed by atoms with E-state index in [0.29, 0.717) is 12.9 Å². The number of likely N-dealkylation sites (tertiary alicyclic amines) is 1. The standard InChI is InChI=1S/C23H23NO6/c1-28-22(26)21-12-15(30-14-25)10-11-24(21)23(27)29-13-20-18-8-4-2-6-16(18)17-7-3-5-9-19(17)20/h2-9,14-15,20-21H,10-13H2,1H3/t15-,21-/m1/s1. The monoisotopic (exact) mass is 409 g/mol. The number of esters is 1. The largest absolute Gasteiger partial charge is 0.467 e. The smallest absolute Gasteiger partial charge is 0.410 e. The summed E-state index contributed by atoms with van der Waals surface area (Å²) in [5.41, 5.74) is 4.53.